The molecule has 5 unspecified atom stereocenters. The van der Waals surface area contributed by atoms with Gasteiger partial charge in [-0.2, -0.15) is 11.8 Å². The topological polar surface area (TPSA) is 17.1 Å². The van der Waals surface area contributed by atoms with Gasteiger partial charge in [0.25, 0.3) is 0 Å². The summed E-state index contributed by atoms with van der Waals surface area (Å²) < 4.78 is 0. The standard InChI is InChI=1S/C18H30OS/c1-12-16-10-14(17(16,2)3)11-18(12)7-5-15(19)9-13(18)6-8-20-4/h12-14,16H,5-11H2,1-4H3. The smallest absolute Gasteiger partial charge is 0.133 e. The number of carbonyl (C=O) groups excluding carboxylic acids is 1. The first kappa shape index (κ1) is 14.9. The summed E-state index contributed by atoms with van der Waals surface area (Å²) in [6.07, 6.45) is 9.25. The van der Waals surface area contributed by atoms with E-state index in [1.54, 1.807) is 0 Å². The molecule has 4 aliphatic rings. The fourth-order valence-corrected chi connectivity index (χ4v) is 6.49. The van der Waals surface area contributed by atoms with Crippen molar-refractivity contribution in [3.05, 3.63) is 0 Å². The van der Waals surface area contributed by atoms with Gasteiger partial charge in [0.05, 0.1) is 0 Å². The highest BCUT2D eigenvalue weighted by Gasteiger charge is 2.63. The molecule has 5 atom stereocenters. The summed E-state index contributed by atoms with van der Waals surface area (Å²) in [6, 6.07) is 0. The molecule has 0 heterocycles. The van der Waals surface area contributed by atoms with E-state index in [0.29, 0.717) is 22.5 Å². The van der Waals surface area contributed by atoms with Crippen LogP contribution in [0.1, 0.15) is 59.3 Å². The molecule has 0 N–H and O–H groups in total. The van der Waals surface area contributed by atoms with E-state index in [0.717, 1.165) is 30.6 Å². The molecule has 4 rings (SSSR count). The predicted octanol–water partition coefficient (Wildman–Crippen LogP) is 4.80. The van der Waals surface area contributed by atoms with Crippen molar-refractivity contribution in [3.8, 4) is 0 Å². The van der Waals surface area contributed by atoms with Gasteiger partial charge < -0.3 is 0 Å². The number of hydrogen-bond donors (Lipinski definition) is 0. The SMILES string of the molecule is CSCCC1CC(=O)CCC12CC1CC(C2C)C1(C)C. The van der Waals surface area contributed by atoms with Gasteiger partial charge in [-0.25, -0.2) is 0 Å². The second-order valence-corrected chi connectivity index (χ2v) is 9.29. The van der Waals surface area contributed by atoms with Gasteiger partial charge in [-0.05, 0) is 72.2 Å². The molecule has 4 saturated carbocycles. The van der Waals surface area contributed by atoms with E-state index in [1.165, 1.54) is 31.4 Å². The molecule has 0 saturated heterocycles. The summed E-state index contributed by atoms with van der Waals surface area (Å²) in [5.41, 5.74) is 1.07. The molecule has 1 spiro atoms. The first-order chi connectivity index (χ1) is 9.41. The Morgan fingerprint density at radius 2 is 2.10 bits per heavy atom. The van der Waals surface area contributed by atoms with Gasteiger partial charge >= 0.3 is 0 Å². The number of hydrogen-bond acceptors (Lipinski definition) is 2. The second-order valence-electron chi connectivity index (χ2n) is 8.31. The van der Waals surface area contributed by atoms with Crippen LogP contribution in [0.2, 0.25) is 0 Å². The molecular weight excluding hydrogens is 264 g/mol. The quantitative estimate of drug-likeness (QED) is 0.744. The van der Waals surface area contributed by atoms with Crippen LogP contribution < -0.4 is 0 Å². The van der Waals surface area contributed by atoms with Crippen LogP contribution in [0.3, 0.4) is 0 Å². The second kappa shape index (κ2) is 5.04. The number of carbonyl (C=O) groups is 1. The minimum Gasteiger partial charge on any atom is -0.300 e. The minimum atomic E-state index is 0.507. The van der Waals surface area contributed by atoms with Gasteiger partial charge in [0.15, 0.2) is 0 Å². The maximum absolute atomic E-state index is 12.0. The summed E-state index contributed by atoms with van der Waals surface area (Å²) >= 11 is 1.95. The molecule has 20 heavy (non-hydrogen) atoms. The van der Waals surface area contributed by atoms with Crippen LogP contribution in [-0.2, 0) is 4.79 Å². The van der Waals surface area contributed by atoms with E-state index >= 15 is 0 Å². The van der Waals surface area contributed by atoms with E-state index in [4.69, 9.17) is 0 Å². The average Bonchev–Trinajstić information content (AvgIpc) is 2.41. The fraction of sp³-hybridized carbons (Fsp3) is 0.944. The highest BCUT2D eigenvalue weighted by Crippen LogP contribution is 2.70. The van der Waals surface area contributed by atoms with E-state index < -0.39 is 0 Å². The lowest BCUT2D eigenvalue weighted by molar-refractivity contribution is -0.197. The molecule has 2 bridgehead atoms. The van der Waals surface area contributed by atoms with E-state index in [2.05, 4.69) is 27.0 Å². The van der Waals surface area contributed by atoms with Gasteiger partial charge in [0.2, 0.25) is 0 Å². The lowest BCUT2D eigenvalue weighted by Gasteiger charge is -2.68. The monoisotopic (exact) mass is 294 g/mol. The van der Waals surface area contributed by atoms with Crippen molar-refractivity contribution < 1.29 is 4.79 Å². The van der Waals surface area contributed by atoms with Crippen molar-refractivity contribution in [2.75, 3.05) is 12.0 Å². The van der Waals surface area contributed by atoms with Crippen molar-refractivity contribution in [3.63, 3.8) is 0 Å². The third-order valence-corrected chi connectivity index (χ3v) is 8.15. The van der Waals surface area contributed by atoms with Crippen LogP contribution in [0.4, 0.5) is 0 Å². The minimum absolute atomic E-state index is 0.507. The molecule has 4 aliphatic carbocycles. The third kappa shape index (κ3) is 2.01. The number of Topliss-reactive ketones (excluding diaryl/α,β-unsaturated/α-hetero) is 1. The summed E-state index contributed by atoms with van der Waals surface area (Å²) in [4.78, 5) is 12.0. The highest BCUT2D eigenvalue weighted by atomic mass is 32.2. The molecule has 0 aromatic carbocycles. The molecule has 0 aromatic rings. The van der Waals surface area contributed by atoms with E-state index in [1.807, 2.05) is 11.8 Å². The molecule has 0 amide bonds. The Bertz CT molecular complexity index is 402. The summed E-state index contributed by atoms with van der Waals surface area (Å²) in [7, 11) is 0. The molecule has 4 fully saturated rings. The van der Waals surface area contributed by atoms with Gasteiger partial charge in [0.1, 0.15) is 5.78 Å². The highest BCUT2D eigenvalue weighted by molar-refractivity contribution is 7.98. The van der Waals surface area contributed by atoms with Crippen LogP contribution >= 0.6 is 11.8 Å². The van der Waals surface area contributed by atoms with Crippen LogP contribution in [0.5, 0.6) is 0 Å². The number of thioether (sulfide) groups is 1. The van der Waals surface area contributed by atoms with Crippen molar-refractivity contribution in [1.82, 2.24) is 0 Å². The molecule has 1 nitrogen and oxygen atoms in total. The summed E-state index contributed by atoms with van der Waals surface area (Å²) in [5, 5.41) is 0. The Hall–Kier alpha value is 0.0200. The van der Waals surface area contributed by atoms with Gasteiger partial charge in [-0.15, -0.1) is 0 Å². The van der Waals surface area contributed by atoms with Gasteiger partial charge in [0, 0.05) is 12.8 Å². The summed E-state index contributed by atoms with van der Waals surface area (Å²) in [6.45, 7) is 7.49. The third-order valence-electron chi connectivity index (χ3n) is 7.51. The van der Waals surface area contributed by atoms with E-state index in [-0.39, 0.29) is 0 Å². The maximum atomic E-state index is 12.0. The predicted molar refractivity (Wildman–Crippen MR) is 86.9 cm³/mol. The fourth-order valence-electron chi connectivity index (χ4n) is 5.97. The zero-order valence-corrected chi connectivity index (χ0v) is 14.4. The van der Waals surface area contributed by atoms with Gasteiger partial charge in [-0.1, -0.05) is 20.8 Å². The molecule has 0 aliphatic heterocycles. The molecule has 0 radical (unpaired) electrons. The zero-order chi connectivity index (χ0) is 14.5. The van der Waals surface area contributed by atoms with Crippen LogP contribution in [0.15, 0.2) is 0 Å². The Kier molecular flexibility index (Phi) is 3.76. The maximum Gasteiger partial charge on any atom is 0.133 e. The Morgan fingerprint density at radius 1 is 1.35 bits per heavy atom. The number of ketones is 1. The van der Waals surface area contributed by atoms with Crippen LogP contribution in [0.25, 0.3) is 0 Å². The molecule has 2 heteroatoms. The largest absolute Gasteiger partial charge is 0.300 e. The molecular formula is C18H30OS. The lowest BCUT2D eigenvalue weighted by atomic mass is 9.36. The van der Waals surface area contributed by atoms with Crippen LogP contribution in [-0.4, -0.2) is 17.8 Å². The van der Waals surface area contributed by atoms with Crippen LogP contribution in [0, 0.1) is 34.5 Å². The first-order valence-corrected chi connectivity index (χ1v) is 9.82. The molecule has 0 aromatic heterocycles. The van der Waals surface area contributed by atoms with E-state index in [9.17, 15) is 4.79 Å². The Morgan fingerprint density at radius 3 is 2.70 bits per heavy atom. The zero-order valence-electron chi connectivity index (χ0n) is 13.6. The lowest BCUT2D eigenvalue weighted by Crippen LogP contribution is -2.62. The average molecular weight is 295 g/mol. The summed E-state index contributed by atoms with van der Waals surface area (Å²) in [5.74, 6) is 5.09. The molecule has 114 valence electrons. The van der Waals surface area contributed by atoms with Crippen molar-refractivity contribution in [2.24, 2.45) is 34.5 Å². The van der Waals surface area contributed by atoms with Crippen molar-refractivity contribution in [2.45, 2.75) is 59.3 Å². The van der Waals surface area contributed by atoms with Gasteiger partial charge in [-0.3, -0.25) is 4.79 Å². The van der Waals surface area contributed by atoms with Crippen molar-refractivity contribution in [1.29, 1.82) is 0 Å². The normalized spacial score (nSPS) is 46.3. The van der Waals surface area contributed by atoms with Crippen molar-refractivity contribution >= 4 is 17.5 Å². The first-order valence-electron chi connectivity index (χ1n) is 8.42. The number of rotatable bonds is 3. The Labute approximate surface area is 128 Å². The Balaban J connectivity index is 1.84.